The fraction of sp³-hybridized carbons (Fsp3) is 0.409. The molecule has 0 aromatic heterocycles. The first-order valence-electron chi connectivity index (χ1n) is 10.9. The van der Waals surface area contributed by atoms with Crippen molar-refractivity contribution in [3.8, 4) is 0 Å². The van der Waals surface area contributed by atoms with Gasteiger partial charge in [0.1, 0.15) is 5.82 Å². The Kier molecular flexibility index (Phi) is 7.33. The Morgan fingerprint density at radius 2 is 1.41 bits per heavy atom. The normalized spacial score (nSPS) is 20.7. The standard InChI is InChI=1S/C22H26FN3O6S2/c23-18-3-7-20(8-4-18)34(30,31)26-11-1-2-17(16-26)22(27)24-19-5-9-21(10-6-19)33(28,29)25-12-14-32-15-13-25/h3-10,17H,1-2,11-16H2,(H,24,27)/t17-/m1/s1. The van der Waals surface area contributed by atoms with Crippen LogP contribution < -0.4 is 5.32 Å². The van der Waals surface area contributed by atoms with E-state index in [1.165, 1.54) is 45.0 Å². The van der Waals surface area contributed by atoms with Crippen LogP contribution in [-0.4, -0.2) is 70.7 Å². The summed E-state index contributed by atoms with van der Waals surface area (Å²) in [6.45, 7) is 1.57. The third-order valence-corrected chi connectivity index (χ3v) is 9.73. The van der Waals surface area contributed by atoms with Gasteiger partial charge in [-0.3, -0.25) is 4.79 Å². The summed E-state index contributed by atoms with van der Waals surface area (Å²) in [6, 6.07) is 10.5. The summed E-state index contributed by atoms with van der Waals surface area (Å²) in [7, 11) is -7.48. The van der Waals surface area contributed by atoms with E-state index in [1.807, 2.05) is 0 Å². The number of morpholine rings is 1. The molecule has 184 valence electrons. The predicted molar refractivity (Wildman–Crippen MR) is 123 cm³/mol. The quantitative estimate of drug-likeness (QED) is 0.634. The van der Waals surface area contributed by atoms with Crippen molar-refractivity contribution >= 4 is 31.6 Å². The highest BCUT2D eigenvalue weighted by atomic mass is 32.2. The van der Waals surface area contributed by atoms with Gasteiger partial charge in [0.25, 0.3) is 0 Å². The third kappa shape index (κ3) is 5.31. The largest absolute Gasteiger partial charge is 0.379 e. The topological polar surface area (TPSA) is 113 Å². The Labute approximate surface area is 198 Å². The molecule has 2 heterocycles. The smallest absolute Gasteiger partial charge is 0.243 e. The highest BCUT2D eigenvalue weighted by molar-refractivity contribution is 7.89. The van der Waals surface area contributed by atoms with E-state index in [0.29, 0.717) is 44.8 Å². The molecule has 2 saturated heterocycles. The second-order valence-corrected chi connectivity index (χ2v) is 12.1. The molecule has 1 atom stereocenters. The summed E-state index contributed by atoms with van der Waals surface area (Å²) >= 11 is 0. The van der Waals surface area contributed by atoms with Gasteiger partial charge in [-0.05, 0) is 61.4 Å². The summed E-state index contributed by atoms with van der Waals surface area (Å²) in [6.07, 6.45) is 1.03. The van der Waals surface area contributed by atoms with Gasteiger partial charge in [-0.25, -0.2) is 21.2 Å². The summed E-state index contributed by atoms with van der Waals surface area (Å²) in [4.78, 5) is 12.9. The van der Waals surface area contributed by atoms with Gasteiger partial charge in [0, 0.05) is 31.9 Å². The van der Waals surface area contributed by atoms with Crippen molar-refractivity contribution < 1.29 is 30.8 Å². The molecule has 2 aromatic carbocycles. The molecule has 2 aliphatic rings. The maximum atomic E-state index is 13.2. The van der Waals surface area contributed by atoms with Gasteiger partial charge in [0.05, 0.1) is 28.9 Å². The molecule has 1 N–H and O–H groups in total. The van der Waals surface area contributed by atoms with Crippen molar-refractivity contribution in [1.82, 2.24) is 8.61 Å². The van der Waals surface area contributed by atoms with Crippen LogP contribution in [0.2, 0.25) is 0 Å². The van der Waals surface area contributed by atoms with Crippen LogP contribution in [0, 0.1) is 11.7 Å². The zero-order valence-electron chi connectivity index (χ0n) is 18.4. The van der Waals surface area contributed by atoms with Gasteiger partial charge < -0.3 is 10.1 Å². The minimum absolute atomic E-state index is 0.00897. The van der Waals surface area contributed by atoms with Crippen molar-refractivity contribution in [3.63, 3.8) is 0 Å². The number of anilines is 1. The van der Waals surface area contributed by atoms with E-state index in [9.17, 15) is 26.0 Å². The van der Waals surface area contributed by atoms with E-state index >= 15 is 0 Å². The molecule has 0 spiro atoms. The number of piperidine rings is 1. The molecule has 0 unspecified atom stereocenters. The lowest BCUT2D eigenvalue weighted by Crippen LogP contribution is -2.43. The maximum Gasteiger partial charge on any atom is 0.243 e. The van der Waals surface area contributed by atoms with Crippen LogP contribution >= 0.6 is 0 Å². The fourth-order valence-corrected chi connectivity index (χ4v) is 6.95. The van der Waals surface area contributed by atoms with Gasteiger partial charge in [-0.1, -0.05) is 0 Å². The van der Waals surface area contributed by atoms with Crippen LogP contribution in [0.25, 0.3) is 0 Å². The lowest BCUT2D eigenvalue weighted by molar-refractivity contribution is -0.120. The number of ether oxygens (including phenoxy) is 1. The van der Waals surface area contributed by atoms with E-state index in [1.54, 1.807) is 0 Å². The number of nitrogens with zero attached hydrogens (tertiary/aromatic N) is 2. The van der Waals surface area contributed by atoms with Crippen LogP contribution in [0.4, 0.5) is 10.1 Å². The van der Waals surface area contributed by atoms with Crippen molar-refractivity contribution in [2.75, 3.05) is 44.7 Å². The van der Waals surface area contributed by atoms with Crippen LogP contribution in [0.15, 0.2) is 58.3 Å². The highest BCUT2D eigenvalue weighted by Crippen LogP contribution is 2.26. The molecule has 0 saturated carbocycles. The summed E-state index contributed by atoms with van der Waals surface area (Å²) < 4.78 is 72.2. The van der Waals surface area contributed by atoms with Gasteiger partial charge in [0.15, 0.2) is 0 Å². The molecule has 4 rings (SSSR count). The van der Waals surface area contributed by atoms with Gasteiger partial charge >= 0.3 is 0 Å². The number of carbonyl (C=O) groups excluding carboxylic acids is 1. The molecule has 0 aliphatic carbocycles. The summed E-state index contributed by atoms with van der Waals surface area (Å²) in [5.74, 6) is -1.44. The van der Waals surface area contributed by atoms with E-state index < -0.39 is 31.8 Å². The number of hydrogen-bond acceptors (Lipinski definition) is 6. The third-order valence-electron chi connectivity index (χ3n) is 5.94. The Morgan fingerprint density at radius 3 is 2.03 bits per heavy atom. The first kappa shape index (κ1) is 24.7. The van der Waals surface area contributed by atoms with Crippen LogP contribution in [-0.2, 0) is 29.6 Å². The lowest BCUT2D eigenvalue weighted by Gasteiger charge is -2.31. The number of rotatable bonds is 6. The Bertz CT molecular complexity index is 1230. The molecule has 2 fully saturated rings. The van der Waals surface area contributed by atoms with Crippen molar-refractivity contribution in [1.29, 1.82) is 0 Å². The predicted octanol–water partition coefficient (Wildman–Crippen LogP) is 1.89. The molecular weight excluding hydrogens is 485 g/mol. The maximum absolute atomic E-state index is 13.2. The average Bonchev–Trinajstić information content (AvgIpc) is 2.85. The first-order valence-corrected chi connectivity index (χ1v) is 13.8. The molecule has 1 amide bonds. The first-order chi connectivity index (χ1) is 16.2. The molecule has 2 aliphatic heterocycles. The second kappa shape index (κ2) is 10.1. The molecule has 9 nitrogen and oxygen atoms in total. The van der Waals surface area contributed by atoms with Gasteiger partial charge in [-0.15, -0.1) is 0 Å². The average molecular weight is 512 g/mol. The van der Waals surface area contributed by atoms with Gasteiger partial charge in [0.2, 0.25) is 26.0 Å². The Morgan fingerprint density at radius 1 is 0.853 bits per heavy atom. The highest BCUT2D eigenvalue weighted by Gasteiger charge is 2.33. The van der Waals surface area contributed by atoms with Crippen LogP contribution in [0.5, 0.6) is 0 Å². The van der Waals surface area contributed by atoms with Crippen molar-refractivity contribution in [2.45, 2.75) is 22.6 Å². The van der Waals surface area contributed by atoms with Crippen molar-refractivity contribution in [3.05, 3.63) is 54.3 Å². The zero-order chi connectivity index (χ0) is 24.3. The number of carbonyl (C=O) groups is 1. The minimum Gasteiger partial charge on any atom is -0.379 e. The zero-order valence-corrected chi connectivity index (χ0v) is 20.0. The SMILES string of the molecule is O=C(Nc1ccc(S(=O)(=O)N2CCOCC2)cc1)[C@@H]1CCCN(S(=O)(=O)c2ccc(F)cc2)C1. The minimum atomic E-state index is -3.84. The lowest BCUT2D eigenvalue weighted by atomic mass is 9.99. The fourth-order valence-electron chi connectivity index (χ4n) is 4.02. The molecular formula is C22H26FN3O6S2. The van der Waals surface area contributed by atoms with Gasteiger partial charge in [-0.2, -0.15) is 8.61 Å². The number of sulfonamides is 2. The molecule has 2 aromatic rings. The van der Waals surface area contributed by atoms with Crippen molar-refractivity contribution in [2.24, 2.45) is 5.92 Å². The van der Waals surface area contributed by atoms with E-state index in [0.717, 1.165) is 12.1 Å². The summed E-state index contributed by atoms with van der Waals surface area (Å²) in [5, 5.41) is 2.75. The van der Waals surface area contributed by atoms with E-state index in [2.05, 4.69) is 5.32 Å². The number of halogens is 1. The Hall–Kier alpha value is -2.38. The number of amides is 1. The molecule has 0 radical (unpaired) electrons. The molecule has 0 bridgehead atoms. The monoisotopic (exact) mass is 511 g/mol. The molecule has 12 heteroatoms. The van der Waals surface area contributed by atoms with Crippen LogP contribution in [0.1, 0.15) is 12.8 Å². The number of hydrogen-bond donors (Lipinski definition) is 1. The van der Waals surface area contributed by atoms with E-state index in [-0.39, 0.29) is 28.8 Å². The van der Waals surface area contributed by atoms with Crippen LogP contribution in [0.3, 0.4) is 0 Å². The Balaban J connectivity index is 1.41. The molecule has 34 heavy (non-hydrogen) atoms. The summed E-state index contributed by atoms with van der Waals surface area (Å²) in [5.41, 5.74) is 0.421. The van der Waals surface area contributed by atoms with E-state index in [4.69, 9.17) is 4.74 Å². The number of nitrogens with one attached hydrogen (secondary N) is 1. The second-order valence-electron chi connectivity index (χ2n) is 8.19. The number of benzene rings is 2.